The number of urea groups is 1. The van der Waals surface area contributed by atoms with Crippen LogP contribution >= 0.6 is 12.8 Å². The van der Waals surface area contributed by atoms with E-state index in [1.54, 1.807) is 54.7 Å². The maximum atomic E-state index is 13.7. The van der Waals surface area contributed by atoms with E-state index < -0.39 is 45.1 Å². The molecule has 2 atom stereocenters. The number of thiol groups is 1. The number of carbonyl (C=O) groups excluding carboxylic acids is 3. The van der Waals surface area contributed by atoms with E-state index in [9.17, 15) is 24.4 Å². The number of benzene rings is 2. The number of fused-ring (bicyclic) bond motifs is 1. The van der Waals surface area contributed by atoms with Gasteiger partial charge in [-0.05, 0) is 76.8 Å². The van der Waals surface area contributed by atoms with Crippen molar-refractivity contribution in [3.63, 3.8) is 0 Å². The smallest absolute Gasteiger partial charge is 0.444 e. The second-order valence-corrected chi connectivity index (χ2v) is 15.9. The Bertz CT molecular complexity index is 1850. The van der Waals surface area contributed by atoms with E-state index >= 15 is 0 Å². The Morgan fingerprint density at radius 1 is 1.02 bits per heavy atom. The quantitative estimate of drug-likeness (QED) is 0.152. The maximum absolute atomic E-state index is 13.7. The standard InChI is InChI=1S/C37H51N6O9S/c1-36(2,3)51-33(45)39(7)17-20-48-21-18-41-30-23-28(14-15-31(30)50-35(41)47)27-12-10-26(11-13-27)22-29(24-38)43(8,53)32(44)42-25-40(16-9-19-49-42)34(46)52-37(4,5)6/h10-15,23,29,53H,9,16-22,25H2,1-8H3/q+1/t29-,43?/m0/s1. The lowest BCUT2D eigenvalue weighted by Gasteiger charge is -2.34. The third-order valence-corrected chi connectivity index (χ3v) is 8.70. The molecule has 0 N–H and O–H groups in total. The van der Waals surface area contributed by atoms with E-state index in [0.717, 1.165) is 21.8 Å². The summed E-state index contributed by atoms with van der Waals surface area (Å²) in [4.78, 5) is 59.8. The lowest BCUT2D eigenvalue weighted by molar-refractivity contribution is -0.712. The monoisotopic (exact) mass is 755 g/mol. The predicted octanol–water partition coefficient (Wildman–Crippen LogP) is 5.82. The van der Waals surface area contributed by atoms with Gasteiger partial charge in [0.1, 0.15) is 23.9 Å². The Balaban J connectivity index is 1.39. The van der Waals surface area contributed by atoms with E-state index in [4.69, 9.17) is 23.5 Å². The highest BCUT2D eigenvalue weighted by Crippen LogP contribution is 2.27. The van der Waals surface area contributed by atoms with Gasteiger partial charge >= 0.3 is 24.0 Å². The number of carbonyl (C=O) groups is 3. The van der Waals surface area contributed by atoms with Gasteiger partial charge in [-0.25, -0.2) is 19.2 Å². The molecule has 0 aliphatic carbocycles. The van der Waals surface area contributed by atoms with Crippen LogP contribution in [-0.2, 0) is 32.0 Å². The SMILES string of the molecule is CN(CCOCCn1c(=O)oc2ccc(-c3ccc(C[C@@H](C#N)[N+](C)(S)C(=O)N4CN(C(=O)OC(C)(C)C)CCCO4)cc3)cc21)C(=O)OC(C)(C)C. The molecule has 53 heavy (non-hydrogen) atoms. The molecule has 288 valence electrons. The van der Waals surface area contributed by atoms with Gasteiger partial charge in [0, 0.05) is 26.6 Å². The molecule has 1 fully saturated rings. The van der Waals surface area contributed by atoms with Crippen LogP contribution in [0.4, 0.5) is 14.4 Å². The van der Waals surface area contributed by atoms with E-state index in [-0.39, 0.29) is 39.5 Å². The van der Waals surface area contributed by atoms with Crippen molar-refractivity contribution < 1.29 is 41.7 Å². The molecule has 4 rings (SSSR count). The van der Waals surface area contributed by atoms with Gasteiger partial charge in [-0.1, -0.05) is 30.3 Å². The Kier molecular flexibility index (Phi) is 13.3. The topological polar surface area (TPSA) is 157 Å². The summed E-state index contributed by atoms with van der Waals surface area (Å²) in [6, 6.07) is 13.7. The Labute approximate surface area is 315 Å². The van der Waals surface area contributed by atoms with Gasteiger partial charge in [0.05, 0.1) is 51.7 Å². The number of likely N-dealkylation sites (N-methyl/N-ethyl adjacent to an activating group) is 2. The molecule has 0 bridgehead atoms. The van der Waals surface area contributed by atoms with Gasteiger partial charge in [-0.15, -0.1) is 5.06 Å². The average Bonchev–Trinajstić information content (AvgIpc) is 3.21. The summed E-state index contributed by atoms with van der Waals surface area (Å²) < 4.78 is 22.9. The number of hydrogen-bond donors (Lipinski definition) is 1. The van der Waals surface area contributed by atoms with Crippen LogP contribution in [0.1, 0.15) is 53.5 Å². The first-order chi connectivity index (χ1) is 24.8. The lowest BCUT2D eigenvalue weighted by Crippen LogP contribution is -2.57. The highest BCUT2D eigenvalue weighted by Gasteiger charge is 2.44. The number of hydrogen-bond acceptors (Lipinski definition) is 11. The zero-order chi connectivity index (χ0) is 39.1. The molecule has 1 aliphatic heterocycles. The van der Waals surface area contributed by atoms with Crippen molar-refractivity contribution in [2.24, 2.45) is 0 Å². The fraction of sp³-hybridized carbons (Fsp3) is 0.541. The highest BCUT2D eigenvalue weighted by molar-refractivity contribution is 7.74. The van der Waals surface area contributed by atoms with E-state index in [2.05, 4.69) is 18.9 Å². The predicted molar refractivity (Wildman–Crippen MR) is 199 cm³/mol. The molecule has 1 saturated heterocycles. The molecular formula is C37H51N6O9S+. The Morgan fingerprint density at radius 2 is 1.68 bits per heavy atom. The minimum absolute atomic E-state index is 0.162. The first-order valence-corrected chi connectivity index (χ1v) is 17.8. The number of ether oxygens (including phenoxy) is 3. The van der Waals surface area contributed by atoms with Crippen molar-refractivity contribution in [3.8, 4) is 17.2 Å². The fourth-order valence-electron chi connectivity index (χ4n) is 5.38. The van der Waals surface area contributed by atoms with Crippen LogP contribution < -0.4 is 5.76 Å². The van der Waals surface area contributed by atoms with Crippen LogP contribution in [-0.4, -0.2) is 112 Å². The van der Waals surface area contributed by atoms with Crippen LogP contribution in [0.3, 0.4) is 0 Å². The summed E-state index contributed by atoms with van der Waals surface area (Å²) in [6.07, 6.45) is -0.289. The lowest BCUT2D eigenvalue weighted by atomic mass is 10.0. The molecule has 4 amide bonds. The molecular weight excluding hydrogens is 705 g/mol. The molecule has 1 aromatic heterocycles. The number of nitrogens with zero attached hydrogens (tertiary/aromatic N) is 6. The highest BCUT2D eigenvalue weighted by atomic mass is 32.1. The number of oxazole rings is 1. The van der Waals surface area contributed by atoms with E-state index in [1.807, 2.05) is 36.4 Å². The number of amides is 4. The van der Waals surface area contributed by atoms with Gasteiger partial charge < -0.3 is 23.5 Å². The van der Waals surface area contributed by atoms with Crippen molar-refractivity contribution in [1.82, 2.24) is 19.4 Å². The largest absolute Gasteiger partial charge is 0.456 e. The molecule has 2 aromatic carbocycles. The zero-order valence-electron chi connectivity index (χ0n) is 31.8. The third-order valence-electron chi connectivity index (χ3n) is 8.25. The molecule has 2 heterocycles. The van der Waals surface area contributed by atoms with Crippen molar-refractivity contribution in [1.29, 1.82) is 5.26 Å². The van der Waals surface area contributed by atoms with Gasteiger partial charge in [0.2, 0.25) is 0 Å². The van der Waals surface area contributed by atoms with Gasteiger partial charge in [-0.2, -0.15) is 9.15 Å². The van der Waals surface area contributed by atoms with E-state index in [1.165, 1.54) is 21.4 Å². The first kappa shape index (κ1) is 41.2. The molecule has 0 radical (unpaired) electrons. The van der Waals surface area contributed by atoms with Gasteiger partial charge in [0.15, 0.2) is 11.6 Å². The summed E-state index contributed by atoms with van der Waals surface area (Å²) in [5, 5.41) is 11.2. The minimum Gasteiger partial charge on any atom is -0.444 e. The summed E-state index contributed by atoms with van der Waals surface area (Å²) >= 11 is 4.61. The summed E-state index contributed by atoms with van der Waals surface area (Å²) in [6.45, 7) is 12.2. The number of hydroxylamine groups is 2. The average molecular weight is 756 g/mol. The summed E-state index contributed by atoms with van der Waals surface area (Å²) in [5.74, 6) is -0.505. The maximum Gasteiger partial charge on any atom is 0.456 e. The van der Waals surface area contributed by atoms with Crippen LogP contribution in [0.2, 0.25) is 0 Å². The van der Waals surface area contributed by atoms with Crippen LogP contribution in [0.5, 0.6) is 0 Å². The van der Waals surface area contributed by atoms with Gasteiger partial charge in [0.25, 0.3) is 0 Å². The first-order valence-electron chi connectivity index (χ1n) is 17.4. The van der Waals surface area contributed by atoms with Crippen LogP contribution in [0.25, 0.3) is 22.2 Å². The minimum atomic E-state index is -0.893. The number of rotatable bonds is 10. The van der Waals surface area contributed by atoms with Crippen molar-refractivity contribution in [3.05, 3.63) is 58.6 Å². The summed E-state index contributed by atoms with van der Waals surface area (Å²) in [5.41, 5.74) is 2.26. The molecule has 0 spiro atoms. The fourth-order valence-corrected chi connectivity index (χ4v) is 5.62. The number of nitriles is 1. The van der Waals surface area contributed by atoms with Crippen molar-refractivity contribution in [2.45, 2.75) is 78.2 Å². The van der Waals surface area contributed by atoms with Crippen molar-refractivity contribution >= 4 is 42.1 Å². The summed E-state index contributed by atoms with van der Waals surface area (Å²) in [7, 11) is 3.16. The van der Waals surface area contributed by atoms with Crippen molar-refractivity contribution in [2.75, 3.05) is 53.7 Å². The molecule has 3 aromatic rings. The second-order valence-electron chi connectivity index (χ2n) is 15.0. The zero-order valence-corrected chi connectivity index (χ0v) is 32.7. The molecule has 15 nitrogen and oxygen atoms in total. The van der Waals surface area contributed by atoms with Gasteiger partial charge in [-0.3, -0.25) is 14.3 Å². The van der Waals surface area contributed by atoms with Crippen LogP contribution in [0, 0.1) is 11.3 Å². The molecule has 1 aliphatic rings. The number of quaternary nitrogens is 1. The Hall–Kier alpha value is -4.56. The second kappa shape index (κ2) is 17.1. The Morgan fingerprint density at radius 3 is 2.32 bits per heavy atom. The number of aromatic nitrogens is 1. The van der Waals surface area contributed by atoms with Crippen LogP contribution in [0.15, 0.2) is 51.7 Å². The van der Waals surface area contributed by atoms with E-state index in [0.29, 0.717) is 30.6 Å². The molecule has 0 saturated carbocycles. The normalized spacial score (nSPS) is 15.6. The third kappa shape index (κ3) is 11.2. The molecule has 1 unspecified atom stereocenters. The molecule has 16 heteroatoms.